The van der Waals surface area contributed by atoms with Gasteiger partial charge in [0, 0.05) is 4.47 Å². The van der Waals surface area contributed by atoms with Crippen LogP contribution in [-0.4, -0.2) is 26.1 Å². The number of aromatic carboxylic acids is 1. The molecule has 0 radical (unpaired) electrons. The third-order valence-corrected chi connectivity index (χ3v) is 3.72. The average molecular weight is 356 g/mol. The number of halogens is 2. The first-order valence-corrected chi connectivity index (χ1v) is 7.27. The summed E-state index contributed by atoms with van der Waals surface area (Å²) >= 11 is 3.30. The van der Waals surface area contributed by atoms with Crippen molar-refractivity contribution < 1.29 is 14.3 Å². The van der Waals surface area contributed by atoms with E-state index in [9.17, 15) is 14.3 Å². The molecule has 0 bridgehead atoms. The predicted octanol–water partition coefficient (Wildman–Crippen LogP) is 3.12. The maximum atomic E-state index is 13.1. The summed E-state index contributed by atoms with van der Waals surface area (Å²) in [7, 11) is 0. The van der Waals surface area contributed by atoms with E-state index < -0.39 is 5.97 Å². The molecule has 0 atom stereocenters. The van der Waals surface area contributed by atoms with Gasteiger partial charge in [0.1, 0.15) is 5.82 Å². The Morgan fingerprint density at radius 3 is 2.76 bits per heavy atom. The molecule has 0 aliphatic rings. The molecule has 0 unspecified atom stereocenters. The Labute approximate surface area is 129 Å². The molecule has 2 aromatic rings. The van der Waals surface area contributed by atoms with Crippen molar-refractivity contribution >= 4 is 21.9 Å². The van der Waals surface area contributed by atoms with Gasteiger partial charge in [-0.15, -0.1) is 5.10 Å². The quantitative estimate of drug-likeness (QED) is 0.894. The summed E-state index contributed by atoms with van der Waals surface area (Å²) in [6.45, 7) is 4.33. The smallest absolute Gasteiger partial charge is 0.358 e. The first-order valence-electron chi connectivity index (χ1n) is 6.48. The van der Waals surface area contributed by atoms with Crippen LogP contribution in [0.4, 0.5) is 4.39 Å². The molecule has 1 N–H and O–H groups in total. The van der Waals surface area contributed by atoms with Gasteiger partial charge in [-0.25, -0.2) is 13.9 Å². The molecule has 0 spiro atoms. The van der Waals surface area contributed by atoms with E-state index in [-0.39, 0.29) is 17.4 Å². The van der Waals surface area contributed by atoms with Crippen LogP contribution in [0.3, 0.4) is 0 Å². The van der Waals surface area contributed by atoms with Gasteiger partial charge in [0.15, 0.2) is 5.69 Å². The highest BCUT2D eigenvalue weighted by molar-refractivity contribution is 9.10. The first-order chi connectivity index (χ1) is 9.88. The van der Waals surface area contributed by atoms with Crippen LogP contribution in [0.1, 0.15) is 35.6 Å². The zero-order chi connectivity index (χ0) is 15.6. The summed E-state index contributed by atoms with van der Waals surface area (Å²) in [6.07, 6.45) is 0.563. The number of carboxylic acids is 1. The van der Waals surface area contributed by atoms with Crippen molar-refractivity contribution in [1.29, 1.82) is 0 Å². The number of carboxylic acid groups (broad SMARTS) is 1. The Morgan fingerprint density at radius 2 is 2.19 bits per heavy atom. The second-order valence-corrected chi connectivity index (χ2v) is 6.04. The average Bonchev–Trinajstić information content (AvgIpc) is 2.75. The molecule has 0 saturated heterocycles. The molecule has 2 rings (SSSR count). The SMILES string of the molecule is CC(C)Cc1c(C(=O)O)nnn1Cc1ccc(F)cc1Br. The Morgan fingerprint density at radius 1 is 1.48 bits per heavy atom. The number of hydrogen-bond donors (Lipinski definition) is 1. The van der Waals surface area contributed by atoms with Crippen LogP contribution in [0.2, 0.25) is 0 Å². The molecular formula is C14H15BrFN3O2. The van der Waals surface area contributed by atoms with Gasteiger partial charge in [-0.05, 0) is 30.0 Å². The van der Waals surface area contributed by atoms with Crippen LogP contribution >= 0.6 is 15.9 Å². The number of hydrogen-bond acceptors (Lipinski definition) is 3. The summed E-state index contributed by atoms with van der Waals surface area (Å²) < 4.78 is 15.3. The first kappa shape index (κ1) is 15.6. The lowest BCUT2D eigenvalue weighted by atomic mass is 10.1. The number of aromatic nitrogens is 3. The standard InChI is InChI=1S/C14H15BrFN3O2/c1-8(2)5-12-13(14(20)21)17-18-19(12)7-9-3-4-10(16)6-11(9)15/h3-4,6,8H,5,7H2,1-2H3,(H,20,21). The van der Waals surface area contributed by atoms with Gasteiger partial charge in [0.25, 0.3) is 0 Å². The van der Waals surface area contributed by atoms with E-state index in [4.69, 9.17) is 0 Å². The third-order valence-electron chi connectivity index (χ3n) is 2.98. The van der Waals surface area contributed by atoms with Gasteiger partial charge >= 0.3 is 5.97 Å². The lowest BCUT2D eigenvalue weighted by Crippen LogP contribution is -2.12. The van der Waals surface area contributed by atoms with E-state index in [0.29, 0.717) is 23.1 Å². The monoisotopic (exact) mass is 355 g/mol. The van der Waals surface area contributed by atoms with Crippen LogP contribution in [0.15, 0.2) is 22.7 Å². The minimum atomic E-state index is -1.09. The van der Waals surface area contributed by atoms with Gasteiger partial charge in [0.2, 0.25) is 0 Å². The molecule has 7 heteroatoms. The van der Waals surface area contributed by atoms with Crippen molar-refractivity contribution in [2.45, 2.75) is 26.8 Å². The van der Waals surface area contributed by atoms with Crippen molar-refractivity contribution in [2.75, 3.05) is 0 Å². The molecule has 1 heterocycles. The van der Waals surface area contributed by atoms with E-state index in [2.05, 4.69) is 26.2 Å². The lowest BCUT2D eigenvalue weighted by molar-refractivity contribution is 0.0689. The summed E-state index contributed by atoms with van der Waals surface area (Å²) in [5, 5.41) is 16.8. The number of benzene rings is 1. The van der Waals surface area contributed by atoms with Gasteiger partial charge in [-0.2, -0.15) is 0 Å². The number of nitrogens with zero attached hydrogens (tertiary/aromatic N) is 3. The number of carbonyl (C=O) groups is 1. The topological polar surface area (TPSA) is 68.0 Å². The summed E-state index contributed by atoms with van der Waals surface area (Å²) in [6, 6.07) is 4.37. The molecule has 0 amide bonds. The molecule has 1 aromatic heterocycles. The van der Waals surface area contributed by atoms with Gasteiger partial charge in [0.05, 0.1) is 12.2 Å². The largest absolute Gasteiger partial charge is 0.476 e. The van der Waals surface area contributed by atoms with Crippen molar-refractivity contribution in [3.8, 4) is 0 Å². The zero-order valence-electron chi connectivity index (χ0n) is 11.7. The molecule has 0 saturated carbocycles. The van der Waals surface area contributed by atoms with E-state index >= 15 is 0 Å². The van der Waals surface area contributed by atoms with Crippen LogP contribution in [0.25, 0.3) is 0 Å². The lowest BCUT2D eigenvalue weighted by Gasteiger charge is -2.10. The van der Waals surface area contributed by atoms with E-state index in [1.807, 2.05) is 13.8 Å². The van der Waals surface area contributed by atoms with Crippen LogP contribution in [-0.2, 0) is 13.0 Å². The van der Waals surface area contributed by atoms with Crippen molar-refractivity contribution in [1.82, 2.24) is 15.0 Å². The fourth-order valence-corrected chi connectivity index (χ4v) is 2.50. The molecule has 112 valence electrons. The Kier molecular flexibility index (Phi) is 4.72. The fraction of sp³-hybridized carbons (Fsp3) is 0.357. The predicted molar refractivity (Wildman–Crippen MR) is 78.7 cm³/mol. The highest BCUT2D eigenvalue weighted by atomic mass is 79.9. The van der Waals surface area contributed by atoms with Crippen molar-refractivity contribution in [3.05, 3.63) is 45.4 Å². The highest BCUT2D eigenvalue weighted by Gasteiger charge is 2.20. The third kappa shape index (κ3) is 3.66. The second kappa shape index (κ2) is 6.34. The Hall–Kier alpha value is -1.76. The minimum absolute atomic E-state index is 0.0260. The fourth-order valence-electron chi connectivity index (χ4n) is 2.03. The molecule has 0 fully saturated rings. The van der Waals surface area contributed by atoms with Gasteiger partial charge in [-0.3, -0.25) is 0 Å². The minimum Gasteiger partial charge on any atom is -0.476 e. The maximum Gasteiger partial charge on any atom is 0.358 e. The summed E-state index contributed by atoms with van der Waals surface area (Å²) in [4.78, 5) is 11.2. The Balaban J connectivity index is 2.37. The molecular weight excluding hydrogens is 341 g/mol. The molecule has 21 heavy (non-hydrogen) atoms. The number of rotatable bonds is 5. The van der Waals surface area contributed by atoms with Crippen LogP contribution in [0, 0.1) is 11.7 Å². The second-order valence-electron chi connectivity index (χ2n) is 5.18. The van der Waals surface area contributed by atoms with E-state index in [1.165, 1.54) is 12.1 Å². The molecule has 0 aliphatic carbocycles. The maximum absolute atomic E-state index is 13.1. The molecule has 0 aliphatic heterocycles. The highest BCUT2D eigenvalue weighted by Crippen LogP contribution is 2.21. The van der Waals surface area contributed by atoms with Crippen LogP contribution in [0.5, 0.6) is 0 Å². The summed E-state index contributed by atoms with van der Waals surface area (Å²) in [5.74, 6) is -1.15. The van der Waals surface area contributed by atoms with Crippen LogP contribution < -0.4 is 0 Å². The van der Waals surface area contributed by atoms with E-state index in [1.54, 1.807) is 10.7 Å². The summed E-state index contributed by atoms with van der Waals surface area (Å²) in [5.41, 5.74) is 1.36. The zero-order valence-corrected chi connectivity index (χ0v) is 13.3. The molecule has 5 nitrogen and oxygen atoms in total. The normalized spacial score (nSPS) is 11.1. The molecule has 1 aromatic carbocycles. The van der Waals surface area contributed by atoms with Gasteiger partial charge < -0.3 is 5.11 Å². The van der Waals surface area contributed by atoms with E-state index in [0.717, 1.165) is 5.56 Å². The van der Waals surface area contributed by atoms with Crippen molar-refractivity contribution in [3.63, 3.8) is 0 Å². The van der Waals surface area contributed by atoms with Crippen molar-refractivity contribution in [2.24, 2.45) is 5.92 Å². The Bertz CT molecular complexity index is 670. The van der Waals surface area contributed by atoms with Gasteiger partial charge in [-0.1, -0.05) is 41.1 Å².